The van der Waals surface area contributed by atoms with Crippen LogP contribution in [-0.4, -0.2) is 37.2 Å². The molecule has 0 aromatic carbocycles. The van der Waals surface area contributed by atoms with Crippen molar-refractivity contribution in [2.75, 3.05) is 13.2 Å². The number of esters is 3. The summed E-state index contributed by atoms with van der Waals surface area (Å²) in [6.45, 7) is 6.46. The van der Waals surface area contributed by atoms with Crippen LogP contribution in [0.25, 0.3) is 0 Å². The predicted octanol–water partition coefficient (Wildman–Crippen LogP) is 20.7. The lowest BCUT2D eigenvalue weighted by Gasteiger charge is -2.18. The summed E-state index contributed by atoms with van der Waals surface area (Å²) in [5.74, 6) is -0.919. The number of ether oxygens (including phenoxy) is 3. The summed E-state index contributed by atoms with van der Waals surface area (Å²) in [7, 11) is 0. The van der Waals surface area contributed by atoms with Gasteiger partial charge in [0, 0.05) is 19.3 Å². The van der Waals surface area contributed by atoms with Crippen LogP contribution >= 0.6 is 0 Å². The maximum Gasteiger partial charge on any atom is 0.306 e. The quantitative estimate of drug-likeness (QED) is 0.0261. The van der Waals surface area contributed by atoms with Gasteiger partial charge in [0.05, 0.1) is 0 Å². The molecule has 1 unspecified atom stereocenters. The Labute approximate surface area is 450 Å². The highest BCUT2D eigenvalue weighted by Crippen LogP contribution is 2.14. The fourth-order valence-corrected chi connectivity index (χ4v) is 8.18. The monoisotopic (exact) mass is 1010 g/mol. The third-order valence-electron chi connectivity index (χ3n) is 12.7. The number of hydrogen-bond acceptors (Lipinski definition) is 6. The van der Waals surface area contributed by atoms with Crippen LogP contribution in [0.3, 0.4) is 0 Å². The van der Waals surface area contributed by atoms with Crippen molar-refractivity contribution < 1.29 is 28.6 Å². The highest BCUT2D eigenvalue weighted by molar-refractivity contribution is 5.71. The molecule has 6 nitrogen and oxygen atoms in total. The van der Waals surface area contributed by atoms with Crippen molar-refractivity contribution in [1.82, 2.24) is 0 Å². The number of unbranched alkanes of at least 4 members (excludes halogenated alkanes) is 25. The molecule has 0 fully saturated rings. The molecule has 0 amide bonds. The lowest BCUT2D eigenvalue weighted by atomic mass is 10.1. The number of rotatable bonds is 54. The van der Waals surface area contributed by atoms with Gasteiger partial charge in [-0.3, -0.25) is 14.4 Å². The van der Waals surface area contributed by atoms with E-state index in [4.69, 9.17) is 14.2 Å². The molecule has 0 rings (SSSR count). The molecule has 0 heterocycles. The molecular weight excluding hydrogens is 901 g/mol. The van der Waals surface area contributed by atoms with Crippen LogP contribution in [0, 0.1) is 0 Å². The molecule has 0 saturated heterocycles. The molecule has 0 aliphatic rings. The van der Waals surface area contributed by atoms with Gasteiger partial charge < -0.3 is 14.2 Å². The minimum atomic E-state index is -0.794. The Bertz CT molecular complexity index is 1490. The summed E-state index contributed by atoms with van der Waals surface area (Å²) in [5, 5.41) is 0. The molecule has 1 atom stereocenters. The Kier molecular flexibility index (Phi) is 57.4. The maximum absolute atomic E-state index is 12.9. The first-order chi connectivity index (χ1) is 36.0. The van der Waals surface area contributed by atoms with Gasteiger partial charge in [-0.25, -0.2) is 0 Å². The smallest absolute Gasteiger partial charge is 0.306 e. The van der Waals surface area contributed by atoms with Gasteiger partial charge in [-0.05, 0) is 128 Å². The second-order valence-corrected chi connectivity index (χ2v) is 19.9. The van der Waals surface area contributed by atoms with Crippen molar-refractivity contribution >= 4 is 17.9 Å². The second-order valence-electron chi connectivity index (χ2n) is 19.9. The lowest BCUT2D eigenvalue weighted by molar-refractivity contribution is -0.167. The van der Waals surface area contributed by atoms with Crippen molar-refractivity contribution in [3.63, 3.8) is 0 Å². The highest BCUT2D eigenvalue weighted by atomic mass is 16.6. The Morgan fingerprint density at radius 2 is 0.534 bits per heavy atom. The molecule has 6 heteroatoms. The summed E-state index contributed by atoms with van der Waals surface area (Å²) in [4.78, 5) is 38.2. The SMILES string of the molecule is CC/C=C\C/C=C\C/C=C\C/C=C\C/C=C\C/C=C\CCCCCCCCCCC(=O)OCC(COC(=O)CCCCCCC/C=C\CCCCCC)OC(=O)CCCCCCC/C=C\C/C=C\CCCCC. The van der Waals surface area contributed by atoms with Gasteiger partial charge in [-0.15, -0.1) is 0 Å². The third kappa shape index (κ3) is 58.8. The zero-order chi connectivity index (χ0) is 52.9. The number of hydrogen-bond donors (Lipinski definition) is 0. The van der Waals surface area contributed by atoms with E-state index >= 15 is 0 Å². The van der Waals surface area contributed by atoms with Gasteiger partial charge >= 0.3 is 17.9 Å². The zero-order valence-corrected chi connectivity index (χ0v) is 47.6. The van der Waals surface area contributed by atoms with E-state index in [9.17, 15) is 14.4 Å². The normalized spacial score (nSPS) is 12.9. The molecule has 0 aromatic rings. The predicted molar refractivity (Wildman–Crippen MR) is 316 cm³/mol. The second kappa shape index (κ2) is 60.6. The van der Waals surface area contributed by atoms with E-state index < -0.39 is 6.10 Å². The number of allylic oxidation sites excluding steroid dienone is 18. The van der Waals surface area contributed by atoms with Crippen LogP contribution in [0.15, 0.2) is 109 Å². The van der Waals surface area contributed by atoms with Gasteiger partial charge in [0.2, 0.25) is 0 Å². The average molecular weight is 1010 g/mol. The first-order valence-corrected chi connectivity index (χ1v) is 30.4. The minimum Gasteiger partial charge on any atom is -0.462 e. The van der Waals surface area contributed by atoms with Crippen molar-refractivity contribution in [1.29, 1.82) is 0 Å². The van der Waals surface area contributed by atoms with Gasteiger partial charge in [0.15, 0.2) is 6.10 Å². The number of carbonyl (C=O) groups is 3. The van der Waals surface area contributed by atoms with Crippen LogP contribution in [0.5, 0.6) is 0 Å². The average Bonchev–Trinajstić information content (AvgIpc) is 3.39. The van der Waals surface area contributed by atoms with E-state index in [1.54, 1.807) is 0 Å². The Balaban J connectivity index is 4.34. The van der Waals surface area contributed by atoms with Gasteiger partial charge in [0.25, 0.3) is 0 Å². The van der Waals surface area contributed by atoms with Crippen LogP contribution in [0.4, 0.5) is 0 Å². The largest absolute Gasteiger partial charge is 0.462 e. The molecule has 0 saturated carbocycles. The fourth-order valence-electron chi connectivity index (χ4n) is 8.18. The molecule has 0 N–H and O–H groups in total. The highest BCUT2D eigenvalue weighted by Gasteiger charge is 2.19. The molecule has 416 valence electrons. The first kappa shape index (κ1) is 69.1. The standard InChI is InChI=1S/C67H112O6/c1-4-7-10-13-16-19-22-25-27-28-29-30-31-32-33-34-35-36-37-38-40-42-45-48-51-54-57-60-66(69)72-63-64(62-71-65(68)59-56-53-50-47-44-41-24-21-18-15-12-9-6-3)73-67(70)61-58-55-52-49-46-43-39-26-23-20-17-14-11-8-5-2/h7,10,16-17,19-21,24-27,29-30,32-33,35-36,39,64H,4-6,8-9,11-15,18,22-23,28,31,34,37-38,40-63H2,1-3H3/b10-7-,19-16-,20-17-,24-21-,27-25-,30-29-,33-32-,36-35-,39-26-. The molecule has 0 aliphatic heterocycles. The topological polar surface area (TPSA) is 78.9 Å². The molecule has 0 aliphatic carbocycles. The molecule has 0 radical (unpaired) electrons. The van der Waals surface area contributed by atoms with Crippen molar-refractivity contribution in [3.05, 3.63) is 109 Å². The van der Waals surface area contributed by atoms with E-state index in [0.717, 1.165) is 135 Å². The fraction of sp³-hybridized carbons (Fsp3) is 0.687. The first-order valence-electron chi connectivity index (χ1n) is 30.4. The minimum absolute atomic E-state index is 0.0911. The molecule has 0 aromatic heterocycles. The Hall–Kier alpha value is -3.93. The lowest BCUT2D eigenvalue weighted by Crippen LogP contribution is -2.30. The van der Waals surface area contributed by atoms with Gasteiger partial charge in [-0.1, -0.05) is 239 Å². The molecule has 0 spiro atoms. The Morgan fingerprint density at radius 1 is 0.288 bits per heavy atom. The van der Waals surface area contributed by atoms with E-state index in [-0.39, 0.29) is 31.1 Å². The van der Waals surface area contributed by atoms with Crippen LogP contribution in [0.1, 0.15) is 278 Å². The summed E-state index contributed by atoms with van der Waals surface area (Å²) in [6, 6.07) is 0. The van der Waals surface area contributed by atoms with Crippen molar-refractivity contribution in [2.45, 2.75) is 284 Å². The third-order valence-corrected chi connectivity index (χ3v) is 12.7. The molecule has 73 heavy (non-hydrogen) atoms. The summed E-state index contributed by atoms with van der Waals surface area (Å²) < 4.78 is 16.9. The van der Waals surface area contributed by atoms with E-state index in [1.165, 1.54) is 103 Å². The molecule has 0 bridgehead atoms. The van der Waals surface area contributed by atoms with Gasteiger partial charge in [0.1, 0.15) is 13.2 Å². The van der Waals surface area contributed by atoms with Crippen LogP contribution in [-0.2, 0) is 28.6 Å². The summed E-state index contributed by atoms with van der Waals surface area (Å²) in [6.07, 6.45) is 82.2. The van der Waals surface area contributed by atoms with Gasteiger partial charge in [-0.2, -0.15) is 0 Å². The van der Waals surface area contributed by atoms with Crippen molar-refractivity contribution in [2.24, 2.45) is 0 Å². The van der Waals surface area contributed by atoms with E-state index in [2.05, 4.69) is 130 Å². The summed E-state index contributed by atoms with van der Waals surface area (Å²) >= 11 is 0. The van der Waals surface area contributed by atoms with Crippen LogP contribution in [0.2, 0.25) is 0 Å². The van der Waals surface area contributed by atoms with E-state index in [1.807, 2.05) is 0 Å². The summed E-state index contributed by atoms with van der Waals surface area (Å²) in [5.41, 5.74) is 0. The zero-order valence-electron chi connectivity index (χ0n) is 47.6. The van der Waals surface area contributed by atoms with E-state index in [0.29, 0.717) is 19.3 Å². The van der Waals surface area contributed by atoms with Crippen molar-refractivity contribution in [3.8, 4) is 0 Å². The van der Waals surface area contributed by atoms with Crippen LogP contribution < -0.4 is 0 Å². The maximum atomic E-state index is 12.9. The Morgan fingerprint density at radius 3 is 0.877 bits per heavy atom. The number of carbonyl (C=O) groups excluding carboxylic acids is 3. The molecular formula is C67H112O6.